The molecule has 0 radical (unpaired) electrons. The zero-order chi connectivity index (χ0) is 13.2. The summed E-state index contributed by atoms with van der Waals surface area (Å²) in [5.41, 5.74) is 1.78. The first kappa shape index (κ1) is 13.6. The highest BCUT2D eigenvalue weighted by Gasteiger charge is 2.57. The van der Waals surface area contributed by atoms with Gasteiger partial charge >= 0.3 is 0 Å². The van der Waals surface area contributed by atoms with Crippen LogP contribution in [0.25, 0.3) is 0 Å². The van der Waals surface area contributed by atoms with Crippen LogP contribution in [0.1, 0.15) is 32.3 Å². The van der Waals surface area contributed by atoms with Crippen molar-refractivity contribution < 1.29 is 4.74 Å². The summed E-state index contributed by atoms with van der Waals surface area (Å²) in [6.07, 6.45) is 4.23. The Balaban J connectivity index is 1.89. The standard InChI is InChI=1S/C14H25N3O/c1-5-17-10-11(8-16-17)13-12(14(13,2)3)9-15-6-7-18-4/h8,10,12-13,15H,5-7,9H2,1-4H3. The molecule has 4 heteroatoms. The van der Waals surface area contributed by atoms with Gasteiger partial charge in [0.15, 0.2) is 0 Å². The molecule has 0 amide bonds. The molecule has 1 saturated carbocycles. The van der Waals surface area contributed by atoms with Gasteiger partial charge in [0.25, 0.3) is 0 Å². The lowest BCUT2D eigenvalue weighted by atomic mass is 10.1. The van der Waals surface area contributed by atoms with Crippen molar-refractivity contribution in [2.24, 2.45) is 11.3 Å². The maximum atomic E-state index is 5.05. The van der Waals surface area contributed by atoms with E-state index in [1.165, 1.54) is 5.56 Å². The van der Waals surface area contributed by atoms with E-state index in [-0.39, 0.29) is 0 Å². The average molecular weight is 251 g/mol. The second-order valence-corrected chi connectivity index (χ2v) is 5.73. The van der Waals surface area contributed by atoms with E-state index in [9.17, 15) is 0 Å². The molecular formula is C14H25N3O. The number of nitrogens with one attached hydrogen (secondary N) is 1. The molecule has 18 heavy (non-hydrogen) atoms. The number of nitrogens with zero attached hydrogens (tertiary/aromatic N) is 2. The molecule has 0 bridgehead atoms. The maximum Gasteiger partial charge on any atom is 0.0587 e. The van der Waals surface area contributed by atoms with E-state index in [4.69, 9.17) is 4.74 Å². The monoisotopic (exact) mass is 251 g/mol. The molecule has 1 heterocycles. The third-order valence-electron chi connectivity index (χ3n) is 4.23. The fourth-order valence-electron chi connectivity index (χ4n) is 2.93. The van der Waals surface area contributed by atoms with Crippen molar-refractivity contribution >= 4 is 0 Å². The van der Waals surface area contributed by atoms with Crippen molar-refractivity contribution in [3.8, 4) is 0 Å². The molecule has 1 aromatic heterocycles. The number of aryl methyl sites for hydroxylation is 1. The molecular weight excluding hydrogens is 226 g/mol. The average Bonchev–Trinajstić information content (AvgIpc) is 2.74. The number of aromatic nitrogens is 2. The van der Waals surface area contributed by atoms with E-state index in [0.717, 1.165) is 26.2 Å². The highest BCUT2D eigenvalue weighted by molar-refractivity contribution is 5.28. The molecule has 1 aliphatic carbocycles. The maximum absolute atomic E-state index is 5.05. The Hall–Kier alpha value is -0.870. The van der Waals surface area contributed by atoms with Crippen LogP contribution in [-0.4, -0.2) is 36.6 Å². The summed E-state index contributed by atoms with van der Waals surface area (Å²) in [7, 11) is 1.74. The van der Waals surface area contributed by atoms with Crippen LogP contribution in [0.4, 0.5) is 0 Å². The van der Waals surface area contributed by atoms with Gasteiger partial charge in [-0.15, -0.1) is 0 Å². The molecule has 1 fully saturated rings. The van der Waals surface area contributed by atoms with E-state index in [2.05, 4.69) is 37.4 Å². The van der Waals surface area contributed by atoms with Crippen LogP contribution in [0, 0.1) is 11.3 Å². The lowest BCUT2D eigenvalue weighted by Crippen LogP contribution is -2.22. The van der Waals surface area contributed by atoms with Gasteiger partial charge in [-0.05, 0) is 36.3 Å². The van der Waals surface area contributed by atoms with Gasteiger partial charge in [-0.25, -0.2) is 0 Å². The second-order valence-electron chi connectivity index (χ2n) is 5.73. The molecule has 102 valence electrons. The topological polar surface area (TPSA) is 39.1 Å². The fraction of sp³-hybridized carbons (Fsp3) is 0.786. The van der Waals surface area contributed by atoms with Crippen LogP contribution in [0.2, 0.25) is 0 Å². The largest absolute Gasteiger partial charge is 0.383 e. The summed E-state index contributed by atoms with van der Waals surface area (Å²) in [4.78, 5) is 0. The molecule has 2 rings (SSSR count). The third kappa shape index (κ3) is 2.59. The molecule has 4 nitrogen and oxygen atoms in total. The van der Waals surface area contributed by atoms with Crippen LogP contribution >= 0.6 is 0 Å². The highest BCUT2D eigenvalue weighted by atomic mass is 16.5. The van der Waals surface area contributed by atoms with Gasteiger partial charge in [0.1, 0.15) is 0 Å². The van der Waals surface area contributed by atoms with Crippen LogP contribution < -0.4 is 5.32 Å². The summed E-state index contributed by atoms with van der Waals surface area (Å²) in [6, 6.07) is 0. The molecule has 1 aromatic rings. The van der Waals surface area contributed by atoms with Crippen molar-refractivity contribution in [3.05, 3.63) is 18.0 Å². The number of rotatable bonds is 7. The van der Waals surface area contributed by atoms with Crippen molar-refractivity contribution in [1.29, 1.82) is 0 Å². The minimum atomic E-state index is 0.391. The lowest BCUT2D eigenvalue weighted by molar-refractivity contribution is 0.198. The highest BCUT2D eigenvalue weighted by Crippen LogP contribution is 2.63. The van der Waals surface area contributed by atoms with Gasteiger partial charge in [0, 0.05) is 26.4 Å². The molecule has 1 aliphatic rings. The fourth-order valence-corrected chi connectivity index (χ4v) is 2.93. The Morgan fingerprint density at radius 3 is 2.89 bits per heavy atom. The third-order valence-corrected chi connectivity index (χ3v) is 4.23. The van der Waals surface area contributed by atoms with Gasteiger partial charge in [-0.1, -0.05) is 13.8 Å². The normalized spacial score (nSPS) is 25.3. The number of hydrogen-bond donors (Lipinski definition) is 1. The van der Waals surface area contributed by atoms with E-state index in [1.807, 2.05) is 10.9 Å². The summed E-state index contributed by atoms with van der Waals surface area (Å²) in [5, 5.41) is 7.85. The number of methoxy groups -OCH3 is 1. The minimum absolute atomic E-state index is 0.391. The Kier molecular flexibility index (Phi) is 4.07. The quantitative estimate of drug-likeness (QED) is 0.752. The van der Waals surface area contributed by atoms with Crippen LogP contribution in [0.15, 0.2) is 12.4 Å². The lowest BCUT2D eigenvalue weighted by Gasteiger charge is -2.04. The van der Waals surface area contributed by atoms with Gasteiger partial charge in [-0.3, -0.25) is 4.68 Å². The summed E-state index contributed by atoms with van der Waals surface area (Å²) >= 11 is 0. The molecule has 2 atom stereocenters. The predicted octanol–water partition coefficient (Wildman–Crippen LogP) is 1.88. The minimum Gasteiger partial charge on any atom is -0.383 e. The predicted molar refractivity (Wildman–Crippen MR) is 72.7 cm³/mol. The van der Waals surface area contributed by atoms with Gasteiger partial charge in [0.05, 0.1) is 12.8 Å². The van der Waals surface area contributed by atoms with E-state index < -0.39 is 0 Å². The van der Waals surface area contributed by atoms with Crippen molar-refractivity contribution in [1.82, 2.24) is 15.1 Å². The van der Waals surface area contributed by atoms with Crippen molar-refractivity contribution in [2.75, 3.05) is 26.8 Å². The Labute approximate surface area is 110 Å². The Morgan fingerprint density at radius 1 is 1.50 bits per heavy atom. The second kappa shape index (κ2) is 5.41. The number of ether oxygens (including phenoxy) is 1. The van der Waals surface area contributed by atoms with Crippen molar-refractivity contribution in [3.63, 3.8) is 0 Å². The summed E-state index contributed by atoms with van der Waals surface area (Å²) in [5.74, 6) is 1.36. The molecule has 0 saturated heterocycles. The smallest absolute Gasteiger partial charge is 0.0587 e. The summed E-state index contributed by atoms with van der Waals surface area (Å²) < 4.78 is 7.06. The zero-order valence-corrected chi connectivity index (χ0v) is 11.9. The van der Waals surface area contributed by atoms with Gasteiger partial charge in [-0.2, -0.15) is 5.10 Å². The van der Waals surface area contributed by atoms with Gasteiger partial charge in [0.2, 0.25) is 0 Å². The SMILES string of the molecule is CCn1cc(C2C(CNCCOC)C2(C)C)cn1. The van der Waals surface area contributed by atoms with E-state index >= 15 is 0 Å². The first-order chi connectivity index (χ1) is 8.61. The molecule has 0 spiro atoms. The van der Waals surface area contributed by atoms with E-state index in [0.29, 0.717) is 17.3 Å². The first-order valence-electron chi connectivity index (χ1n) is 6.83. The molecule has 0 aliphatic heterocycles. The van der Waals surface area contributed by atoms with Crippen LogP contribution in [-0.2, 0) is 11.3 Å². The zero-order valence-electron chi connectivity index (χ0n) is 11.9. The van der Waals surface area contributed by atoms with Crippen LogP contribution in [0.3, 0.4) is 0 Å². The molecule has 1 N–H and O–H groups in total. The van der Waals surface area contributed by atoms with Crippen LogP contribution in [0.5, 0.6) is 0 Å². The summed E-state index contributed by atoms with van der Waals surface area (Å²) in [6.45, 7) is 10.6. The number of hydrogen-bond acceptors (Lipinski definition) is 3. The van der Waals surface area contributed by atoms with Crippen molar-refractivity contribution in [2.45, 2.75) is 33.2 Å². The molecule has 2 unspecified atom stereocenters. The van der Waals surface area contributed by atoms with Gasteiger partial charge < -0.3 is 10.1 Å². The first-order valence-corrected chi connectivity index (χ1v) is 6.83. The Bertz CT molecular complexity index is 386. The van der Waals surface area contributed by atoms with E-state index in [1.54, 1.807) is 7.11 Å². The molecule has 0 aromatic carbocycles. The Morgan fingerprint density at radius 2 is 2.28 bits per heavy atom.